The Morgan fingerprint density at radius 2 is 1.62 bits per heavy atom. The van der Waals surface area contributed by atoms with Crippen molar-refractivity contribution in [2.75, 3.05) is 5.32 Å². The number of rotatable bonds is 5. The quantitative estimate of drug-likeness (QED) is 0.722. The third-order valence-corrected chi connectivity index (χ3v) is 4.01. The van der Waals surface area contributed by atoms with Crippen molar-refractivity contribution < 1.29 is 4.79 Å². The molecule has 132 valence electrons. The van der Waals surface area contributed by atoms with E-state index in [0.29, 0.717) is 11.5 Å². The van der Waals surface area contributed by atoms with Crippen molar-refractivity contribution in [1.29, 1.82) is 0 Å². The molecule has 0 fully saturated rings. The molecule has 3 rings (SSSR count). The lowest BCUT2D eigenvalue weighted by Gasteiger charge is -2.15. The van der Waals surface area contributed by atoms with Gasteiger partial charge >= 0.3 is 0 Å². The molecule has 0 aliphatic rings. The monoisotopic (exact) mass is 346 g/mol. The summed E-state index contributed by atoms with van der Waals surface area (Å²) in [4.78, 5) is 21.3. The molecule has 1 atom stereocenters. The van der Waals surface area contributed by atoms with Crippen LogP contribution in [0.15, 0.2) is 60.7 Å². The van der Waals surface area contributed by atoms with Crippen molar-refractivity contribution in [2.45, 2.75) is 26.8 Å². The van der Waals surface area contributed by atoms with Crippen LogP contribution < -0.4 is 10.6 Å². The number of hydrogen-bond donors (Lipinski definition) is 2. The van der Waals surface area contributed by atoms with Gasteiger partial charge in [0.1, 0.15) is 0 Å². The number of amides is 1. The van der Waals surface area contributed by atoms with Crippen molar-refractivity contribution >= 4 is 17.5 Å². The Morgan fingerprint density at radius 1 is 0.923 bits per heavy atom. The lowest BCUT2D eigenvalue weighted by molar-refractivity contribution is 0.0940. The van der Waals surface area contributed by atoms with Gasteiger partial charge in [-0.25, -0.2) is 9.97 Å². The minimum atomic E-state index is -0.119. The molecule has 0 spiro atoms. The van der Waals surface area contributed by atoms with Gasteiger partial charge in [-0.05, 0) is 50.6 Å². The van der Waals surface area contributed by atoms with Gasteiger partial charge in [-0.1, -0.05) is 36.4 Å². The third-order valence-electron chi connectivity index (χ3n) is 4.01. The Bertz CT molecular complexity index is 889. The van der Waals surface area contributed by atoms with E-state index in [2.05, 4.69) is 20.6 Å². The van der Waals surface area contributed by atoms with E-state index >= 15 is 0 Å². The van der Waals surface area contributed by atoms with Gasteiger partial charge in [0.2, 0.25) is 5.95 Å². The Balaban J connectivity index is 1.73. The van der Waals surface area contributed by atoms with E-state index in [1.54, 1.807) is 12.1 Å². The summed E-state index contributed by atoms with van der Waals surface area (Å²) < 4.78 is 0. The van der Waals surface area contributed by atoms with Crippen LogP contribution in [0.1, 0.15) is 40.3 Å². The third kappa shape index (κ3) is 4.45. The number of nitrogens with one attached hydrogen (secondary N) is 2. The maximum absolute atomic E-state index is 12.6. The second kappa shape index (κ2) is 7.78. The summed E-state index contributed by atoms with van der Waals surface area (Å²) in [5.74, 6) is 0.407. The average molecular weight is 346 g/mol. The molecule has 26 heavy (non-hydrogen) atoms. The molecule has 2 N–H and O–H groups in total. The number of hydrogen-bond acceptors (Lipinski definition) is 4. The topological polar surface area (TPSA) is 66.9 Å². The van der Waals surface area contributed by atoms with E-state index < -0.39 is 0 Å². The van der Waals surface area contributed by atoms with E-state index in [1.807, 2.05) is 69.3 Å². The van der Waals surface area contributed by atoms with E-state index in [1.165, 1.54) is 0 Å². The first-order chi connectivity index (χ1) is 12.5. The van der Waals surface area contributed by atoms with Gasteiger partial charge in [-0.3, -0.25) is 4.79 Å². The van der Waals surface area contributed by atoms with Crippen LogP contribution >= 0.6 is 0 Å². The number of aromatic nitrogens is 2. The first-order valence-electron chi connectivity index (χ1n) is 8.56. The maximum Gasteiger partial charge on any atom is 0.251 e. The standard InChI is InChI=1S/C21H22N4O/c1-14-12-15(2)23-21(22-14)25-19-11-7-10-18(13-19)20(26)24-16(3)17-8-5-4-6-9-17/h4-13,16H,1-3H3,(H,24,26)(H,22,23,25). The number of carbonyl (C=O) groups is 1. The normalized spacial score (nSPS) is 11.7. The highest BCUT2D eigenvalue weighted by Gasteiger charge is 2.12. The minimum Gasteiger partial charge on any atom is -0.346 e. The predicted octanol–water partition coefficient (Wildman–Crippen LogP) is 4.33. The van der Waals surface area contributed by atoms with Crippen molar-refractivity contribution in [3.05, 3.63) is 83.2 Å². The lowest BCUT2D eigenvalue weighted by atomic mass is 10.1. The smallest absolute Gasteiger partial charge is 0.251 e. The van der Waals surface area contributed by atoms with Crippen LogP contribution in [0.5, 0.6) is 0 Å². The van der Waals surface area contributed by atoms with Gasteiger partial charge in [0.25, 0.3) is 5.91 Å². The molecule has 0 saturated carbocycles. The van der Waals surface area contributed by atoms with Crippen molar-refractivity contribution in [3.8, 4) is 0 Å². The Hall–Kier alpha value is -3.21. The fourth-order valence-electron chi connectivity index (χ4n) is 2.75. The summed E-state index contributed by atoms with van der Waals surface area (Å²) in [5.41, 5.74) is 4.21. The Labute approximate surface area is 153 Å². The molecule has 1 aromatic heterocycles. The summed E-state index contributed by atoms with van der Waals surface area (Å²) >= 11 is 0. The summed E-state index contributed by atoms with van der Waals surface area (Å²) in [7, 11) is 0. The summed E-state index contributed by atoms with van der Waals surface area (Å²) in [6.07, 6.45) is 0. The molecule has 3 aromatic rings. The number of carbonyl (C=O) groups excluding carboxylic acids is 1. The minimum absolute atomic E-state index is 0.0666. The second-order valence-electron chi connectivity index (χ2n) is 6.29. The molecule has 0 saturated heterocycles. The highest BCUT2D eigenvalue weighted by molar-refractivity contribution is 5.95. The molecule has 0 aliphatic carbocycles. The SMILES string of the molecule is Cc1cc(C)nc(Nc2cccc(C(=O)NC(C)c3ccccc3)c2)n1. The molecule has 0 radical (unpaired) electrons. The van der Waals surface area contributed by atoms with Crippen LogP contribution in [0, 0.1) is 13.8 Å². The zero-order valence-corrected chi connectivity index (χ0v) is 15.2. The van der Waals surface area contributed by atoms with Crippen LogP contribution in [0.3, 0.4) is 0 Å². The van der Waals surface area contributed by atoms with Crippen LogP contribution in [-0.4, -0.2) is 15.9 Å². The number of anilines is 2. The van der Waals surface area contributed by atoms with E-state index in [9.17, 15) is 4.79 Å². The number of aryl methyl sites for hydroxylation is 2. The zero-order chi connectivity index (χ0) is 18.5. The molecule has 0 aliphatic heterocycles. The fourth-order valence-corrected chi connectivity index (χ4v) is 2.75. The molecule has 1 amide bonds. The van der Waals surface area contributed by atoms with Crippen molar-refractivity contribution in [1.82, 2.24) is 15.3 Å². The van der Waals surface area contributed by atoms with E-state index in [0.717, 1.165) is 22.6 Å². The number of benzene rings is 2. The Kier molecular flexibility index (Phi) is 5.27. The van der Waals surface area contributed by atoms with Crippen LogP contribution in [0.2, 0.25) is 0 Å². The summed E-state index contributed by atoms with van der Waals surface area (Å²) in [6, 6.07) is 19.1. The highest BCUT2D eigenvalue weighted by atomic mass is 16.1. The molecule has 1 heterocycles. The molecule has 0 bridgehead atoms. The first kappa shape index (κ1) is 17.6. The van der Waals surface area contributed by atoms with Crippen LogP contribution in [0.4, 0.5) is 11.6 Å². The van der Waals surface area contributed by atoms with Gasteiger partial charge in [-0.15, -0.1) is 0 Å². The van der Waals surface area contributed by atoms with E-state index in [-0.39, 0.29) is 11.9 Å². The zero-order valence-electron chi connectivity index (χ0n) is 15.2. The largest absolute Gasteiger partial charge is 0.346 e. The Morgan fingerprint density at radius 3 is 2.31 bits per heavy atom. The van der Waals surface area contributed by atoms with Gasteiger partial charge in [0.05, 0.1) is 6.04 Å². The van der Waals surface area contributed by atoms with Crippen molar-refractivity contribution in [3.63, 3.8) is 0 Å². The second-order valence-corrected chi connectivity index (χ2v) is 6.29. The molecule has 1 unspecified atom stereocenters. The first-order valence-corrected chi connectivity index (χ1v) is 8.56. The lowest BCUT2D eigenvalue weighted by Crippen LogP contribution is -2.26. The van der Waals surface area contributed by atoms with Gasteiger partial charge in [0, 0.05) is 22.6 Å². The maximum atomic E-state index is 12.6. The van der Waals surface area contributed by atoms with Gasteiger partial charge in [0.15, 0.2) is 0 Å². The predicted molar refractivity (Wildman–Crippen MR) is 104 cm³/mol. The van der Waals surface area contributed by atoms with Gasteiger partial charge < -0.3 is 10.6 Å². The fraction of sp³-hybridized carbons (Fsp3) is 0.190. The molecular formula is C21H22N4O. The number of nitrogens with zero attached hydrogens (tertiary/aromatic N) is 2. The summed E-state index contributed by atoms with van der Waals surface area (Å²) in [5, 5.41) is 6.19. The van der Waals surface area contributed by atoms with Crippen LogP contribution in [-0.2, 0) is 0 Å². The average Bonchev–Trinajstić information content (AvgIpc) is 2.61. The molecule has 5 heteroatoms. The van der Waals surface area contributed by atoms with Crippen molar-refractivity contribution in [2.24, 2.45) is 0 Å². The van der Waals surface area contributed by atoms with Gasteiger partial charge in [-0.2, -0.15) is 0 Å². The highest BCUT2D eigenvalue weighted by Crippen LogP contribution is 2.17. The van der Waals surface area contributed by atoms with E-state index in [4.69, 9.17) is 0 Å². The summed E-state index contributed by atoms with van der Waals surface area (Å²) in [6.45, 7) is 5.82. The molecule has 5 nitrogen and oxygen atoms in total. The molecular weight excluding hydrogens is 324 g/mol. The molecule has 2 aromatic carbocycles. The van der Waals surface area contributed by atoms with Crippen LogP contribution in [0.25, 0.3) is 0 Å².